The molecule has 0 spiro atoms. The number of hydrogen-bond donors (Lipinski definition) is 0. The van der Waals surface area contributed by atoms with Crippen molar-refractivity contribution in [3.8, 4) is 11.1 Å². The summed E-state index contributed by atoms with van der Waals surface area (Å²) in [4.78, 5) is 18.2. The Bertz CT molecular complexity index is 1260. The van der Waals surface area contributed by atoms with Crippen molar-refractivity contribution in [1.82, 2.24) is 4.98 Å². The Labute approximate surface area is 196 Å². The molecule has 1 atom stereocenters. The molecule has 0 N–H and O–H groups in total. The number of carbonyl (C=O) groups is 1. The van der Waals surface area contributed by atoms with Gasteiger partial charge in [0, 0.05) is 33.8 Å². The Morgan fingerprint density at radius 2 is 1.94 bits per heavy atom. The van der Waals surface area contributed by atoms with Crippen molar-refractivity contribution in [2.45, 2.75) is 19.4 Å². The van der Waals surface area contributed by atoms with Crippen LogP contribution in [0.25, 0.3) is 22.0 Å². The van der Waals surface area contributed by atoms with E-state index in [1.165, 1.54) is 0 Å². The van der Waals surface area contributed by atoms with E-state index in [2.05, 4.69) is 15.9 Å². The summed E-state index contributed by atoms with van der Waals surface area (Å²) in [5.74, 6) is 0.634. The number of nitrogens with zero attached hydrogens (tertiary/aromatic N) is 1. The van der Waals surface area contributed by atoms with Crippen molar-refractivity contribution >= 4 is 32.6 Å². The quantitative estimate of drug-likeness (QED) is 0.289. The fourth-order valence-corrected chi connectivity index (χ4v) is 4.37. The molecule has 5 heteroatoms. The van der Waals surface area contributed by atoms with E-state index in [1.807, 2.05) is 67.6 Å². The van der Waals surface area contributed by atoms with E-state index in [0.717, 1.165) is 44.3 Å². The van der Waals surface area contributed by atoms with Gasteiger partial charge in [-0.2, -0.15) is 0 Å². The third kappa shape index (κ3) is 4.45. The van der Waals surface area contributed by atoms with Gasteiger partial charge in [0.25, 0.3) is 0 Å². The zero-order valence-electron chi connectivity index (χ0n) is 18.3. The van der Waals surface area contributed by atoms with Gasteiger partial charge >= 0.3 is 0 Å². The monoisotopic (exact) mass is 489 g/mol. The number of aromatic nitrogens is 1. The molecule has 0 saturated carbocycles. The van der Waals surface area contributed by atoms with Crippen LogP contribution in [0.4, 0.5) is 0 Å². The SMILES string of the molecule is COC1=CC[C@H](OC)C=C1/C=C/C(=O)c1c(C)nc2ccc(Br)cc2c1-c1ccccc1. The van der Waals surface area contributed by atoms with E-state index in [0.29, 0.717) is 11.3 Å². The van der Waals surface area contributed by atoms with Gasteiger partial charge in [-0.25, -0.2) is 0 Å². The number of allylic oxidation sites excluding steroid dienone is 2. The number of aryl methyl sites for hydroxylation is 1. The second-order valence-corrected chi connectivity index (χ2v) is 8.49. The first-order chi connectivity index (χ1) is 15.5. The minimum absolute atomic E-state index is 0.0371. The van der Waals surface area contributed by atoms with Gasteiger partial charge in [-0.15, -0.1) is 0 Å². The predicted octanol–water partition coefficient (Wildman–Crippen LogP) is 6.59. The lowest BCUT2D eigenvalue weighted by molar-refractivity contribution is 0.104. The number of rotatable bonds is 6. The van der Waals surface area contributed by atoms with Crippen LogP contribution in [0.3, 0.4) is 0 Å². The highest BCUT2D eigenvalue weighted by Crippen LogP contribution is 2.35. The average Bonchev–Trinajstić information content (AvgIpc) is 2.82. The number of halogens is 1. The van der Waals surface area contributed by atoms with E-state index >= 15 is 0 Å². The maximum absolute atomic E-state index is 13.5. The standard InChI is InChI=1S/C27H24BrNO3/c1-17-26(24(30)13-9-19-15-21(31-2)11-14-25(19)32-3)27(18-7-5-4-6-8-18)22-16-20(28)10-12-23(22)29-17/h4-10,12-16,21H,11H2,1-3H3/b13-9+/t21-/m0/s1. The number of benzene rings is 2. The molecule has 0 radical (unpaired) electrons. The Morgan fingerprint density at radius 1 is 1.16 bits per heavy atom. The minimum atomic E-state index is -0.105. The molecule has 0 unspecified atom stereocenters. The Hall–Kier alpha value is -3.02. The van der Waals surface area contributed by atoms with Crippen LogP contribution in [-0.2, 0) is 9.47 Å². The molecule has 1 aromatic heterocycles. The molecule has 0 aliphatic heterocycles. The number of ether oxygens (including phenoxy) is 2. The summed E-state index contributed by atoms with van der Waals surface area (Å²) in [7, 11) is 3.30. The fraction of sp³-hybridized carbons (Fsp3) is 0.185. The van der Waals surface area contributed by atoms with Crippen LogP contribution in [0.15, 0.2) is 88.6 Å². The molecule has 1 heterocycles. The lowest BCUT2D eigenvalue weighted by atomic mass is 9.91. The summed E-state index contributed by atoms with van der Waals surface area (Å²) >= 11 is 3.56. The van der Waals surface area contributed by atoms with Crippen LogP contribution in [-0.4, -0.2) is 31.1 Å². The second kappa shape index (κ2) is 9.63. The van der Waals surface area contributed by atoms with Crippen LogP contribution in [0, 0.1) is 6.92 Å². The van der Waals surface area contributed by atoms with Crippen molar-refractivity contribution in [3.63, 3.8) is 0 Å². The molecule has 0 amide bonds. The fourth-order valence-electron chi connectivity index (χ4n) is 4.01. The molecule has 1 aliphatic rings. The zero-order valence-corrected chi connectivity index (χ0v) is 19.8. The van der Waals surface area contributed by atoms with Crippen molar-refractivity contribution in [1.29, 1.82) is 0 Å². The highest BCUT2D eigenvalue weighted by Gasteiger charge is 2.20. The summed E-state index contributed by atoms with van der Waals surface area (Å²) in [6, 6.07) is 15.9. The van der Waals surface area contributed by atoms with Crippen molar-refractivity contribution in [3.05, 3.63) is 99.9 Å². The van der Waals surface area contributed by atoms with Gasteiger partial charge < -0.3 is 9.47 Å². The lowest BCUT2D eigenvalue weighted by Crippen LogP contribution is -2.12. The molecule has 0 bridgehead atoms. The van der Waals surface area contributed by atoms with E-state index < -0.39 is 0 Å². The molecular weight excluding hydrogens is 466 g/mol. The smallest absolute Gasteiger partial charge is 0.188 e. The maximum Gasteiger partial charge on any atom is 0.188 e. The number of ketones is 1. The highest BCUT2D eigenvalue weighted by molar-refractivity contribution is 9.10. The zero-order chi connectivity index (χ0) is 22.7. The van der Waals surface area contributed by atoms with Gasteiger partial charge in [-0.05, 0) is 61.4 Å². The van der Waals surface area contributed by atoms with Gasteiger partial charge in [0.2, 0.25) is 0 Å². The minimum Gasteiger partial charge on any atom is -0.496 e. The van der Waals surface area contributed by atoms with Crippen LogP contribution in [0.5, 0.6) is 0 Å². The Balaban J connectivity index is 1.84. The van der Waals surface area contributed by atoms with E-state index in [4.69, 9.17) is 14.5 Å². The first-order valence-corrected chi connectivity index (χ1v) is 11.2. The molecular formula is C27H24BrNO3. The Kier molecular flexibility index (Phi) is 6.68. The van der Waals surface area contributed by atoms with Crippen LogP contribution < -0.4 is 0 Å². The average molecular weight is 490 g/mol. The number of methoxy groups -OCH3 is 2. The number of hydrogen-bond acceptors (Lipinski definition) is 4. The summed E-state index contributed by atoms with van der Waals surface area (Å²) in [5.41, 5.74) is 4.84. The van der Waals surface area contributed by atoms with Gasteiger partial charge in [-0.3, -0.25) is 9.78 Å². The Morgan fingerprint density at radius 3 is 2.66 bits per heavy atom. The summed E-state index contributed by atoms with van der Waals surface area (Å²) < 4.78 is 11.9. The topological polar surface area (TPSA) is 48.4 Å². The molecule has 0 saturated heterocycles. The van der Waals surface area contributed by atoms with Gasteiger partial charge in [0.1, 0.15) is 5.76 Å². The van der Waals surface area contributed by atoms with Crippen LogP contribution in [0.2, 0.25) is 0 Å². The third-order valence-electron chi connectivity index (χ3n) is 5.56. The van der Waals surface area contributed by atoms with Gasteiger partial charge in [-0.1, -0.05) is 46.3 Å². The molecule has 1 aliphatic carbocycles. The molecule has 4 nitrogen and oxygen atoms in total. The predicted molar refractivity (Wildman–Crippen MR) is 132 cm³/mol. The van der Waals surface area contributed by atoms with Crippen LogP contribution >= 0.6 is 15.9 Å². The molecule has 3 aromatic rings. The largest absolute Gasteiger partial charge is 0.496 e. The van der Waals surface area contributed by atoms with Crippen molar-refractivity contribution in [2.75, 3.05) is 14.2 Å². The number of carbonyl (C=O) groups excluding carboxylic acids is 1. The van der Waals surface area contributed by atoms with E-state index in [-0.39, 0.29) is 11.9 Å². The first kappa shape index (κ1) is 22.2. The third-order valence-corrected chi connectivity index (χ3v) is 6.05. The molecule has 162 valence electrons. The summed E-state index contributed by atoms with van der Waals surface area (Å²) in [6.45, 7) is 1.89. The highest BCUT2D eigenvalue weighted by atomic mass is 79.9. The summed E-state index contributed by atoms with van der Waals surface area (Å²) in [5, 5.41) is 0.932. The maximum atomic E-state index is 13.5. The number of fused-ring (bicyclic) bond motifs is 1. The summed E-state index contributed by atoms with van der Waals surface area (Å²) in [6.07, 6.45) is 8.05. The van der Waals surface area contributed by atoms with Gasteiger partial charge in [0.05, 0.1) is 24.3 Å². The first-order valence-electron chi connectivity index (χ1n) is 10.4. The number of pyridine rings is 1. The van der Waals surface area contributed by atoms with Gasteiger partial charge in [0.15, 0.2) is 5.78 Å². The normalized spacial score (nSPS) is 16.2. The van der Waals surface area contributed by atoms with Crippen molar-refractivity contribution < 1.29 is 14.3 Å². The van der Waals surface area contributed by atoms with E-state index in [1.54, 1.807) is 26.4 Å². The van der Waals surface area contributed by atoms with Crippen molar-refractivity contribution in [2.24, 2.45) is 0 Å². The van der Waals surface area contributed by atoms with Crippen LogP contribution in [0.1, 0.15) is 22.5 Å². The molecule has 4 rings (SSSR count). The molecule has 0 fully saturated rings. The molecule has 2 aromatic carbocycles. The second-order valence-electron chi connectivity index (χ2n) is 7.58. The molecule has 32 heavy (non-hydrogen) atoms. The lowest BCUT2D eigenvalue weighted by Gasteiger charge is -2.18. The van der Waals surface area contributed by atoms with E-state index in [9.17, 15) is 4.79 Å².